The van der Waals surface area contributed by atoms with E-state index in [2.05, 4.69) is 15.6 Å². The predicted molar refractivity (Wildman–Crippen MR) is 91.3 cm³/mol. The number of nitrogens with one attached hydrogen (secondary N) is 3. The van der Waals surface area contributed by atoms with Crippen molar-refractivity contribution in [2.45, 2.75) is 44.2 Å². The fourth-order valence-electron chi connectivity index (χ4n) is 5.42. The van der Waals surface area contributed by atoms with Crippen molar-refractivity contribution in [3.8, 4) is 0 Å². The number of H-pyrrole nitrogens is 1. The summed E-state index contributed by atoms with van der Waals surface area (Å²) in [5.74, 6) is 2.82. The van der Waals surface area contributed by atoms with Crippen molar-refractivity contribution in [1.82, 2.24) is 15.6 Å². The van der Waals surface area contributed by atoms with Gasteiger partial charge in [-0.25, -0.2) is 4.79 Å². The molecule has 24 heavy (non-hydrogen) atoms. The molecule has 0 spiro atoms. The Kier molecular flexibility index (Phi) is 3.87. The number of carbonyl (C=O) groups excluding carboxylic acids is 1. The first-order valence-electron chi connectivity index (χ1n) is 9.01. The van der Waals surface area contributed by atoms with Gasteiger partial charge in [-0.2, -0.15) is 0 Å². The van der Waals surface area contributed by atoms with Crippen molar-refractivity contribution >= 4 is 6.03 Å². The fraction of sp³-hybridized carbons (Fsp3) is 0.667. The maximum absolute atomic E-state index is 12.1. The van der Waals surface area contributed by atoms with Gasteiger partial charge in [-0.1, -0.05) is 6.07 Å². The molecule has 5 rings (SSSR count). The van der Waals surface area contributed by atoms with Gasteiger partial charge < -0.3 is 21.4 Å². The topological polar surface area (TPSA) is 100 Å². The molecule has 4 saturated carbocycles. The number of hydrogen-bond acceptors (Lipinski definition) is 3. The van der Waals surface area contributed by atoms with E-state index in [4.69, 9.17) is 5.73 Å². The number of nitrogens with two attached hydrogens (primary N) is 1. The van der Waals surface area contributed by atoms with Gasteiger partial charge in [-0.3, -0.25) is 4.79 Å². The van der Waals surface area contributed by atoms with Crippen molar-refractivity contribution in [1.29, 1.82) is 0 Å². The number of hydrogen-bond donors (Lipinski definition) is 4. The van der Waals surface area contributed by atoms with Crippen molar-refractivity contribution in [3.63, 3.8) is 0 Å². The van der Waals surface area contributed by atoms with E-state index in [0.29, 0.717) is 23.9 Å². The summed E-state index contributed by atoms with van der Waals surface area (Å²) in [4.78, 5) is 26.3. The first kappa shape index (κ1) is 15.7. The van der Waals surface area contributed by atoms with Crippen LogP contribution in [0.4, 0.5) is 4.79 Å². The highest BCUT2D eigenvalue weighted by Crippen LogP contribution is 2.57. The maximum Gasteiger partial charge on any atom is 0.315 e. The molecule has 4 aliphatic rings. The Morgan fingerprint density at radius 1 is 1.17 bits per heavy atom. The molecule has 1 heterocycles. The van der Waals surface area contributed by atoms with E-state index in [0.717, 1.165) is 11.8 Å². The van der Waals surface area contributed by atoms with Crippen LogP contribution in [-0.4, -0.2) is 23.1 Å². The summed E-state index contributed by atoms with van der Waals surface area (Å²) in [6.07, 6.45) is 7.88. The standard InChI is InChI=1S/C18H26N4O2/c19-18(14-5-11-4-12(7-14)8-15(18)6-11)10-22-17(24)21-9-13-2-1-3-20-16(13)23/h1-3,11-12,14-15H,4-10,19H2,(H,20,23)(H2,21,22,24). The molecule has 0 aliphatic heterocycles. The number of aromatic amines is 1. The maximum atomic E-state index is 12.1. The average molecular weight is 330 g/mol. The third kappa shape index (κ3) is 2.73. The van der Waals surface area contributed by atoms with Crippen LogP contribution in [-0.2, 0) is 6.54 Å². The summed E-state index contributed by atoms with van der Waals surface area (Å²) in [7, 11) is 0. The lowest BCUT2D eigenvalue weighted by molar-refractivity contribution is -0.0529. The summed E-state index contributed by atoms with van der Waals surface area (Å²) in [5, 5.41) is 5.71. The van der Waals surface area contributed by atoms with Gasteiger partial charge >= 0.3 is 6.03 Å². The average Bonchev–Trinajstić information content (AvgIpc) is 2.56. The van der Waals surface area contributed by atoms with Gasteiger partial charge in [0.25, 0.3) is 5.56 Å². The molecule has 6 heteroatoms. The van der Waals surface area contributed by atoms with Crippen LogP contribution in [0.1, 0.15) is 37.7 Å². The molecule has 4 aliphatic carbocycles. The monoisotopic (exact) mass is 330 g/mol. The summed E-state index contributed by atoms with van der Waals surface area (Å²) in [6, 6.07) is 3.21. The second-order valence-electron chi connectivity index (χ2n) is 7.98. The van der Waals surface area contributed by atoms with Crippen LogP contribution in [0.15, 0.2) is 23.1 Å². The second-order valence-corrected chi connectivity index (χ2v) is 7.98. The Labute approximate surface area is 141 Å². The van der Waals surface area contributed by atoms with Crippen LogP contribution in [0, 0.1) is 23.7 Å². The Balaban J connectivity index is 1.32. The Bertz CT molecular complexity index is 656. The van der Waals surface area contributed by atoms with Crippen LogP contribution in [0.25, 0.3) is 0 Å². The number of rotatable bonds is 4. The number of amides is 2. The quantitative estimate of drug-likeness (QED) is 0.670. The molecule has 130 valence electrons. The smallest absolute Gasteiger partial charge is 0.315 e. The van der Waals surface area contributed by atoms with Crippen LogP contribution < -0.4 is 21.9 Å². The first-order valence-corrected chi connectivity index (χ1v) is 9.01. The van der Waals surface area contributed by atoms with E-state index in [1.54, 1.807) is 18.3 Å². The van der Waals surface area contributed by atoms with E-state index in [1.165, 1.54) is 32.1 Å². The molecular formula is C18H26N4O2. The van der Waals surface area contributed by atoms with Gasteiger partial charge in [0.15, 0.2) is 0 Å². The largest absolute Gasteiger partial charge is 0.336 e. The Morgan fingerprint density at radius 2 is 1.83 bits per heavy atom. The third-order valence-electron chi connectivity index (χ3n) is 6.55. The lowest BCUT2D eigenvalue weighted by atomic mass is 9.49. The van der Waals surface area contributed by atoms with Gasteiger partial charge in [-0.15, -0.1) is 0 Å². The van der Waals surface area contributed by atoms with Gasteiger partial charge in [0.2, 0.25) is 0 Å². The highest BCUT2D eigenvalue weighted by atomic mass is 16.2. The third-order valence-corrected chi connectivity index (χ3v) is 6.55. The van der Waals surface area contributed by atoms with Gasteiger partial charge in [-0.05, 0) is 61.8 Å². The number of urea groups is 1. The van der Waals surface area contributed by atoms with Crippen molar-refractivity contribution in [3.05, 3.63) is 34.2 Å². The molecule has 5 N–H and O–H groups in total. The summed E-state index contributed by atoms with van der Waals surface area (Å²) >= 11 is 0. The molecule has 0 unspecified atom stereocenters. The Morgan fingerprint density at radius 3 is 2.46 bits per heavy atom. The molecule has 0 aromatic carbocycles. The summed E-state index contributed by atoms with van der Waals surface area (Å²) in [6.45, 7) is 0.745. The first-order chi connectivity index (χ1) is 11.5. The van der Waals surface area contributed by atoms with Crippen molar-refractivity contribution in [2.75, 3.05) is 6.54 Å². The van der Waals surface area contributed by atoms with Crippen LogP contribution in [0.5, 0.6) is 0 Å². The van der Waals surface area contributed by atoms with Gasteiger partial charge in [0.1, 0.15) is 0 Å². The predicted octanol–water partition coefficient (Wildman–Crippen LogP) is 1.33. The van der Waals surface area contributed by atoms with Crippen LogP contribution in [0.3, 0.4) is 0 Å². The second kappa shape index (κ2) is 5.92. The molecule has 1 aromatic heterocycles. The minimum atomic E-state index is -0.255. The molecule has 4 bridgehead atoms. The number of aromatic nitrogens is 1. The van der Waals surface area contributed by atoms with E-state index >= 15 is 0 Å². The molecule has 6 nitrogen and oxygen atoms in total. The summed E-state index contributed by atoms with van der Waals surface area (Å²) < 4.78 is 0. The minimum absolute atomic E-state index is 0.172. The zero-order chi connectivity index (χ0) is 16.7. The van der Waals surface area contributed by atoms with Crippen LogP contribution in [0.2, 0.25) is 0 Å². The van der Waals surface area contributed by atoms with E-state index < -0.39 is 0 Å². The lowest BCUT2D eigenvalue weighted by Gasteiger charge is -2.59. The SMILES string of the molecule is NC1(CNC(=O)NCc2ccc[nH]c2=O)C2CC3CC(C2)CC1C3. The molecule has 0 radical (unpaired) electrons. The zero-order valence-electron chi connectivity index (χ0n) is 13.9. The molecule has 1 aromatic rings. The van der Waals surface area contributed by atoms with Crippen LogP contribution >= 0.6 is 0 Å². The molecule has 4 fully saturated rings. The van der Waals surface area contributed by atoms with Gasteiger partial charge in [0, 0.05) is 30.4 Å². The molecular weight excluding hydrogens is 304 g/mol. The number of pyridine rings is 1. The lowest BCUT2D eigenvalue weighted by Crippen LogP contribution is -2.67. The molecule has 0 saturated heterocycles. The van der Waals surface area contributed by atoms with Crippen molar-refractivity contribution < 1.29 is 4.79 Å². The Hall–Kier alpha value is -1.82. The summed E-state index contributed by atoms with van der Waals surface area (Å²) in [5.41, 5.74) is 6.89. The highest BCUT2D eigenvalue weighted by Gasteiger charge is 2.55. The van der Waals surface area contributed by atoms with Gasteiger partial charge in [0.05, 0.1) is 0 Å². The zero-order valence-corrected chi connectivity index (χ0v) is 13.9. The highest BCUT2D eigenvalue weighted by molar-refractivity contribution is 5.73. The normalized spacial score (nSPS) is 36.5. The fourth-order valence-corrected chi connectivity index (χ4v) is 5.42. The molecule has 2 amide bonds. The van der Waals surface area contributed by atoms with E-state index in [1.807, 2.05) is 0 Å². The van der Waals surface area contributed by atoms with E-state index in [9.17, 15) is 9.59 Å². The van der Waals surface area contributed by atoms with Crippen molar-refractivity contribution in [2.24, 2.45) is 29.4 Å². The van der Waals surface area contributed by atoms with E-state index in [-0.39, 0.29) is 23.7 Å². The molecule has 0 atom stereocenters. The minimum Gasteiger partial charge on any atom is -0.336 e. The number of carbonyl (C=O) groups is 1.